The summed E-state index contributed by atoms with van der Waals surface area (Å²) in [6.07, 6.45) is 3.58. The summed E-state index contributed by atoms with van der Waals surface area (Å²) >= 11 is 0. The lowest BCUT2D eigenvalue weighted by Crippen LogP contribution is -2.57. The first-order chi connectivity index (χ1) is 13.3. The van der Waals surface area contributed by atoms with E-state index in [2.05, 4.69) is 0 Å². The molecule has 1 aromatic heterocycles. The van der Waals surface area contributed by atoms with Crippen molar-refractivity contribution in [1.82, 2.24) is 9.47 Å². The van der Waals surface area contributed by atoms with Gasteiger partial charge in [-0.1, -0.05) is 12.4 Å². The van der Waals surface area contributed by atoms with Crippen LogP contribution in [0.3, 0.4) is 0 Å². The fourth-order valence-corrected chi connectivity index (χ4v) is 3.46. The molecule has 0 atom stereocenters. The molecule has 0 spiro atoms. The maximum Gasteiger partial charge on any atom is 0.430 e. The maximum absolute atomic E-state index is 12.2. The van der Waals surface area contributed by atoms with Gasteiger partial charge in [0.05, 0.1) is 18.8 Å². The van der Waals surface area contributed by atoms with Crippen LogP contribution in [0.5, 0.6) is 11.5 Å². The van der Waals surface area contributed by atoms with Crippen LogP contribution in [0.4, 0.5) is 0 Å². The molecule has 1 fully saturated rings. The number of benzene rings is 1. The van der Waals surface area contributed by atoms with Gasteiger partial charge < -0.3 is 34.0 Å². The van der Waals surface area contributed by atoms with Gasteiger partial charge in [0.1, 0.15) is 24.0 Å². The molecule has 0 radical (unpaired) electrons. The van der Waals surface area contributed by atoms with Crippen molar-refractivity contribution in [1.29, 1.82) is 0 Å². The maximum atomic E-state index is 12.2. The lowest BCUT2D eigenvalue weighted by atomic mass is 9.70. The van der Waals surface area contributed by atoms with E-state index in [9.17, 15) is 24.7 Å². The SMILES string of the molecule is O=C(O)c1c(OC2CN(C(=O)Cn3cccc3)C2)ccc2c1O[B-](O)(O)CC2. The Morgan fingerprint density at radius 2 is 1.93 bits per heavy atom. The number of amides is 1. The van der Waals surface area contributed by atoms with Crippen LogP contribution in [-0.4, -0.2) is 62.4 Å². The first-order valence-electron chi connectivity index (χ1n) is 9.06. The number of ether oxygens (including phenoxy) is 1. The topological polar surface area (TPSA) is 121 Å². The molecule has 4 rings (SSSR count). The second-order valence-electron chi connectivity index (χ2n) is 7.14. The number of rotatable bonds is 5. The van der Waals surface area contributed by atoms with E-state index in [1.54, 1.807) is 21.6 Å². The molecule has 0 bridgehead atoms. The van der Waals surface area contributed by atoms with Gasteiger partial charge in [-0.05, 0) is 30.2 Å². The molecule has 10 heteroatoms. The Morgan fingerprint density at radius 3 is 2.61 bits per heavy atom. The Hall–Kier alpha value is -2.98. The first kappa shape index (κ1) is 18.4. The highest BCUT2D eigenvalue weighted by molar-refractivity contribution is 6.59. The number of hydrogen-bond donors (Lipinski definition) is 3. The van der Waals surface area contributed by atoms with E-state index >= 15 is 0 Å². The summed E-state index contributed by atoms with van der Waals surface area (Å²) in [4.78, 5) is 25.6. The number of carbonyl (C=O) groups is 2. The summed E-state index contributed by atoms with van der Waals surface area (Å²) in [5.41, 5.74) is 0.353. The number of hydrogen-bond acceptors (Lipinski definition) is 6. The lowest BCUT2D eigenvalue weighted by Gasteiger charge is -2.40. The van der Waals surface area contributed by atoms with Gasteiger partial charge in [0.2, 0.25) is 5.91 Å². The molecule has 148 valence electrons. The molecule has 1 amide bonds. The molecule has 0 unspecified atom stereocenters. The van der Waals surface area contributed by atoms with Gasteiger partial charge in [-0.3, -0.25) is 4.79 Å². The predicted molar refractivity (Wildman–Crippen MR) is 98.2 cm³/mol. The van der Waals surface area contributed by atoms with Gasteiger partial charge >= 0.3 is 12.7 Å². The van der Waals surface area contributed by atoms with Crippen LogP contribution >= 0.6 is 0 Å². The van der Waals surface area contributed by atoms with Crippen molar-refractivity contribution < 1.29 is 34.1 Å². The van der Waals surface area contributed by atoms with Crippen LogP contribution in [0.1, 0.15) is 15.9 Å². The van der Waals surface area contributed by atoms with Crippen LogP contribution in [0.15, 0.2) is 36.7 Å². The quantitative estimate of drug-likeness (QED) is 0.633. The minimum absolute atomic E-state index is 0.00730. The molecule has 0 aliphatic carbocycles. The summed E-state index contributed by atoms with van der Waals surface area (Å²) in [6, 6.07) is 6.89. The van der Waals surface area contributed by atoms with Crippen molar-refractivity contribution in [2.45, 2.75) is 25.4 Å². The summed E-state index contributed by atoms with van der Waals surface area (Å²) in [5.74, 6) is -1.31. The van der Waals surface area contributed by atoms with Crippen molar-refractivity contribution in [2.75, 3.05) is 13.1 Å². The highest BCUT2D eigenvalue weighted by Crippen LogP contribution is 2.38. The molecule has 9 nitrogen and oxygen atoms in total. The van der Waals surface area contributed by atoms with Crippen LogP contribution in [0, 0.1) is 0 Å². The average Bonchev–Trinajstić information content (AvgIpc) is 3.08. The van der Waals surface area contributed by atoms with E-state index in [0.717, 1.165) is 0 Å². The summed E-state index contributed by atoms with van der Waals surface area (Å²) < 4.78 is 12.7. The zero-order valence-corrected chi connectivity index (χ0v) is 15.0. The monoisotopic (exact) mass is 387 g/mol. The molecule has 2 aliphatic heterocycles. The molecular formula is C18H20BN2O7-. The number of aromatic nitrogens is 1. The van der Waals surface area contributed by atoms with Gasteiger partial charge in [-0.15, -0.1) is 0 Å². The highest BCUT2D eigenvalue weighted by Gasteiger charge is 2.36. The van der Waals surface area contributed by atoms with Crippen LogP contribution in [-0.2, 0) is 17.8 Å². The molecule has 28 heavy (non-hydrogen) atoms. The van der Waals surface area contributed by atoms with Gasteiger partial charge in [0, 0.05) is 12.4 Å². The van der Waals surface area contributed by atoms with E-state index < -0.39 is 12.7 Å². The van der Waals surface area contributed by atoms with Crippen molar-refractivity contribution in [3.8, 4) is 11.5 Å². The van der Waals surface area contributed by atoms with E-state index in [1.807, 2.05) is 24.5 Å². The van der Waals surface area contributed by atoms with E-state index in [4.69, 9.17) is 9.39 Å². The third-order valence-electron chi connectivity index (χ3n) is 4.99. The number of aromatic carboxylic acids is 1. The number of carbonyl (C=O) groups excluding carboxylic acids is 1. The van der Waals surface area contributed by atoms with E-state index in [1.165, 1.54) is 0 Å². The number of nitrogens with zero attached hydrogens (tertiary/aromatic N) is 2. The minimum atomic E-state index is -3.08. The van der Waals surface area contributed by atoms with Gasteiger partial charge in [-0.2, -0.15) is 0 Å². The predicted octanol–water partition coefficient (Wildman–Crippen LogP) is 0.334. The number of carboxylic acids is 1. The third kappa shape index (κ3) is 3.56. The Labute approximate surface area is 160 Å². The van der Waals surface area contributed by atoms with Crippen molar-refractivity contribution in [3.63, 3.8) is 0 Å². The van der Waals surface area contributed by atoms with E-state index in [-0.39, 0.29) is 41.9 Å². The number of aryl methyl sites for hydroxylation is 1. The van der Waals surface area contributed by atoms with Crippen molar-refractivity contribution >= 4 is 18.6 Å². The van der Waals surface area contributed by atoms with Gasteiger partial charge in [0.15, 0.2) is 0 Å². The fourth-order valence-electron chi connectivity index (χ4n) is 3.46. The standard InChI is InChI=1S/C18H20BN2O7/c22-15(11-20-7-1-2-8-20)21-9-13(10-21)27-14-4-3-12-5-6-19(25,26)28-17(12)16(14)18(23)24/h1-4,7-8,13,25-26H,5-6,9-11H2,(H,23,24)/q-1. The van der Waals surface area contributed by atoms with Crippen LogP contribution in [0.25, 0.3) is 0 Å². The Morgan fingerprint density at radius 1 is 1.21 bits per heavy atom. The van der Waals surface area contributed by atoms with Gasteiger partial charge in [-0.25, -0.2) is 4.79 Å². The molecular weight excluding hydrogens is 367 g/mol. The smallest absolute Gasteiger partial charge is 0.430 e. The molecule has 3 heterocycles. The van der Waals surface area contributed by atoms with Crippen molar-refractivity contribution in [3.05, 3.63) is 47.8 Å². The highest BCUT2D eigenvalue weighted by atomic mass is 16.6. The molecule has 0 saturated carbocycles. The average molecular weight is 387 g/mol. The molecule has 1 saturated heterocycles. The van der Waals surface area contributed by atoms with Crippen LogP contribution in [0.2, 0.25) is 6.32 Å². The first-order valence-corrected chi connectivity index (χ1v) is 9.06. The number of fused-ring (bicyclic) bond motifs is 1. The number of carboxylic acid groups (broad SMARTS) is 1. The Kier molecular flexibility index (Phi) is 4.52. The molecule has 2 aromatic rings. The Balaban J connectivity index is 1.45. The zero-order chi connectivity index (χ0) is 19.9. The molecule has 3 N–H and O–H groups in total. The second kappa shape index (κ2) is 6.88. The molecule has 1 aromatic carbocycles. The normalized spacial score (nSPS) is 18.0. The van der Waals surface area contributed by atoms with E-state index in [0.29, 0.717) is 25.1 Å². The van der Waals surface area contributed by atoms with Crippen molar-refractivity contribution in [2.24, 2.45) is 0 Å². The summed E-state index contributed by atoms with van der Waals surface area (Å²) in [7, 11) is 0. The summed E-state index contributed by atoms with van der Waals surface area (Å²) in [5, 5.41) is 29.1. The number of likely N-dealkylation sites (tertiary alicyclic amines) is 1. The largest absolute Gasteiger partial charge is 0.669 e. The summed E-state index contributed by atoms with van der Waals surface area (Å²) in [6.45, 7) is -2.14. The lowest BCUT2D eigenvalue weighted by molar-refractivity contribution is -0.140. The third-order valence-corrected chi connectivity index (χ3v) is 4.99. The fraction of sp³-hybridized carbons (Fsp3) is 0.333. The zero-order valence-electron chi connectivity index (χ0n) is 15.0. The van der Waals surface area contributed by atoms with Crippen LogP contribution < -0.4 is 9.39 Å². The minimum Gasteiger partial charge on any atom is -0.669 e. The molecule has 2 aliphatic rings. The Bertz CT molecular complexity index is 907. The second-order valence-corrected chi connectivity index (χ2v) is 7.14. The van der Waals surface area contributed by atoms with Gasteiger partial charge in [0.25, 0.3) is 0 Å².